The Morgan fingerprint density at radius 2 is 1.63 bits per heavy atom. The Morgan fingerprint density at radius 1 is 1.04 bits per heavy atom. The third kappa shape index (κ3) is 4.17. The van der Waals surface area contributed by atoms with Crippen LogP contribution in [0.4, 0.5) is 11.6 Å². The third-order valence-electron chi connectivity index (χ3n) is 4.73. The van der Waals surface area contributed by atoms with E-state index in [0.29, 0.717) is 11.6 Å². The fourth-order valence-corrected chi connectivity index (χ4v) is 3.49. The molecule has 3 heterocycles. The Morgan fingerprint density at radius 3 is 2.22 bits per heavy atom. The Hall–Kier alpha value is -2.32. The first-order valence-electron chi connectivity index (χ1n) is 9.27. The summed E-state index contributed by atoms with van der Waals surface area (Å²) >= 11 is 0. The molecule has 3 rings (SSSR count). The van der Waals surface area contributed by atoms with E-state index in [1.807, 2.05) is 12.1 Å². The van der Waals surface area contributed by atoms with Crippen LogP contribution in [0.15, 0.2) is 24.5 Å². The smallest absolute Gasteiger partial charge is 0.161 e. The van der Waals surface area contributed by atoms with Crippen LogP contribution in [-0.4, -0.2) is 55.3 Å². The Bertz CT molecular complexity index is 780. The fraction of sp³-hybridized carbons (Fsp3) is 0.579. The van der Waals surface area contributed by atoms with Gasteiger partial charge < -0.3 is 20.0 Å². The number of nitrogens with zero attached hydrogens (tertiary/aromatic N) is 6. The number of aliphatic hydroxyl groups is 2. The van der Waals surface area contributed by atoms with Crippen molar-refractivity contribution in [3.05, 3.63) is 36.2 Å². The summed E-state index contributed by atoms with van der Waals surface area (Å²) in [5.41, 5.74) is -1.08. The van der Waals surface area contributed by atoms with Crippen molar-refractivity contribution in [3.63, 3.8) is 0 Å². The summed E-state index contributed by atoms with van der Waals surface area (Å²) in [6, 6.07) is 4.13. The van der Waals surface area contributed by atoms with Gasteiger partial charge in [-0.2, -0.15) is 0 Å². The lowest BCUT2D eigenvalue weighted by Gasteiger charge is -2.45. The number of hydrogen-bond acceptors (Lipinski definition) is 8. The first-order valence-corrected chi connectivity index (χ1v) is 9.27. The summed E-state index contributed by atoms with van der Waals surface area (Å²) in [7, 11) is 0. The molecule has 1 fully saturated rings. The summed E-state index contributed by atoms with van der Waals surface area (Å²) in [6.07, 6.45) is 2.69. The molecule has 0 radical (unpaired) electrons. The number of hydrogen-bond donors (Lipinski definition) is 2. The van der Waals surface area contributed by atoms with E-state index in [9.17, 15) is 10.2 Å². The molecule has 2 N–H and O–H groups in total. The van der Waals surface area contributed by atoms with Gasteiger partial charge in [0.25, 0.3) is 0 Å². The maximum atomic E-state index is 10.2. The summed E-state index contributed by atoms with van der Waals surface area (Å²) in [5.74, 6) is 2.48. The van der Waals surface area contributed by atoms with E-state index in [4.69, 9.17) is 0 Å². The van der Waals surface area contributed by atoms with Crippen molar-refractivity contribution >= 4 is 11.6 Å². The van der Waals surface area contributed by atoms with E-state index >= 15 is 0 Å². The minimum Gasteiger partial charge on any atom is -0.385 e. The monoisotopic (exact) mass is 372 g/mol. The lowest BCUT2D eigenvalue weighted by Crippen LogP contribution is -2.57. The average molecular weight is 372 g/mol. The highest BCUT2D eigenvalue weighted by Gasteiger charge is 2.32. The van der Waals surface area contributed by atoms with Gasteiger partial charge in [0, 0.05) is 37.6 Å². The van der Waals surface area contributed by atoms with E-state index in [0.717, 1.165) is 24.7 Å². The number of rotatable bonds is 4. The molecule has 0 bridgehead atoms. The van der Waals surface area contributed by atoms with Crippen molar-refractivity contribution in [2.24, 2.45) is 0 Å². The number of anilines is 2. The second-order valence-electron chi connectivity index (χ2n) is 7.76. The first kappa shape index (κ1) is 19.4. The molecule has 2 aromatic rings. The molecular formula is C19H28N6O2. The fourth-order valence-electron chi connectivity index (χ4n) is 3.49. The molecule has 1 aliphatic rings. The van der Waals surface area contributed by atoms with Gasteiger partial charge in [-0.3, -0.25) is 0 Å². The molecule has 0 saturated carbocycles. The number of aliphatic hydroxyl groups excluding tert-OH is 1. The Kier molecular flexibility index (Phi) is 5.30. The van der Waals surface area contributed by atoms with Crippen molar-refractivity contribution in [1.29, 1.82) is 0 Å². The lowest BCUT2D eigenvalue weighted by atomic mass is 10.1. The molecule has 2 aromatic heterocycles. The van der Waals surface area contributed by atoms with Crippen LogP contribution in [0.1, 0.15) is 52.4 Å². The maximum absolute atomic E-state index is 10.2. The van der Waals surface area contributed by atoms with Crippen LogP contribution < -0.4 is 9.80 Å². The van der Waals surface area contributed by atoms with E-state index in [1.165, 1.54) is 0 Å². The summed E-state index contributed by atoms with van der Waals surface area (Å²) in [6.45, 7) is 10.9. The third-order valence-corrected chi connectivity index (χ3v) is 4.73. The van der Waals surface area contributed by atoms with Crippen molar-refractivity contribution in [1.82, 2.24) is 19.9 Å². The lowest BCUT2D eigenvalue weighted by molar-refractivity contribution is 0.0687. The van der Waals surface area contributed by atoms with Gasteiger partial charge >= 0.3 is 0 Å². The van der Waals surface area contributed by atoms with E-state index in [2.05, 4.69) is 43.6 Å². The molecule has 0 aromatic carbocycles. The highest BCUT2D eigenvalue weighted by molar-refractivity contribution is 5.47. The Labute approximate surface area is 159 Å². The molecule has 3 atom stereocenters. The molecule has 1 saturated heterocycles. The van der Waals surface area contributed by atoms with Gasteiger partial charge in [-0.25, -0.2) is 19.9 Å². The van der Waals surface area contributed by atoms with E-state index < -0.39 is 11.7 Å². The zero-order chi connectivity index (χ0) is 19.8. The molecular weight excluding hydrogens is 344 g/mol. The molecule has 146 valence electrons. The molecule has 8 heteroatoms. The van der Waals surface area contributed by atoms with Crippen molar-refractivity contribution in [2.45, 2.75) is 58.4 Å². The maximum Gasteiger partial charge on any atom is 0.161 e. The van der Waals surface area contributed by atoms with Gasteiger partial charge in [0.2, 0.25) is 0 Å². The summed E-state index contributed by atoms with van der Waals surface area (Å²) < 4.78 is 0. The van der Waals surface area contributed by atoms with Crippen LogP contribution in [0.25, 0.3) is 0 Å². The molecule has 0 aliphatic carbocycles. The standard InChI is InChI=1S/C19H28N6O2/c1-12-10-24(15-6-9-21-18(23-15)19(4,5)27)11-13(2)25(12)16-7-8-20-17(22-16)14(3)26/h6-9,12-14,26-27H,10-11H2,1-5H3. The van der Waals surface area contributed by atoms with Gasteiger partial charge in [0.05, 0.1) is 0 Å². The van der Waals surface area contributed by atoms with Crippen LogP contribution in [0.2, 0.25) is 0 Å². The highest BCUT2D eigenvalue weighted by Crippen LogP contribution is 2.27. The van der Waals surface area contributed by atoms with Gasteiger partial charge in [-0.1, -0.05) is 0 Å². The zero-order valence-electron chi connectivity index (χ0n) is 16.5. The van der Waals surface area contributed by atoms with Gasteiger partial charge in [0.15, 0.2) is 11.6 Å². The van der Waals surface area contributed by atoms with Gasteiger partial charge in [0.1, 0.15) is 23.3 Å². The van der Waals surface area contributed by atoms with Crippen LogP contribution >= 0.6 is 0 Å². The second kappa shape index (κ2) is 7.36. The molecule has 0 spiro atoms. The second-order valence-corrected chi connectivity index (χ2v) is 7.76. The van der Waals surface area contributed by atoms with Gasteiger partial charge in [-0.15, -0.1) is 0 Å². The Balaban J connectivity index is 1.83. The topological polar surface area (TPSA) is 98.5 Å². The van der Waals surface area contributed by atoms with Gasteiger partial charge in [-0.05, 0) is 46.8 Å². The molecule has 3 unspecified atom stereocenters. The van der Waals surface area contributed by atoms with Crippen molar-refractivity contribution in [2.75, 3.05) is 22.9 Å². The van der Waals surface area contributed by atoms with Crippen molar-refractivity contribution in [3.8, 4) is 0 Å². The predicted octanol–water partition coefficient (Wildman–Crippen LogP) is 1.65. The largest absolute Gasteiger partial charge is 0.385 e. The van der Waals surface area contributed by atoms with Crippen LogP contribution in [-0.2, 0) is 5.60 Å². The van der Waals surface area contributed by atoms with Crippen LogP contribution in [0, 0.1) is 0 Å². The van der Waals surface area contributed by atoms with Crippen LogP contribution in [0.5, 0.6) is 0 Å². The molecule has 0 amide bonds. The predicted molar refractivity (Wildman–Crippen MR) is 104 cm³/mol. The SMILES string of the molecule is CC(O)c1nccc(N2C(C)CN(c3ccnc(C(C)(C)O)n3)CC2C)n1. The van der Waals surface area contributed by atoms with Crippen LogP contribution in [0.3, 0.4) is 0 Å². The summed E-state index contributed by atoms with van der Waals surface area (Å²) in [5, 5.41) is 20.0. The van der Waals surface area contributed by atoms with E-state index in [1.54, 1.807) is 33.2 Å². The minimum absolute atomic E-state index is 0.186. The normalized spacial score (nSPS) is 22.0. The number of piperazine rings is 1. The van der Waals surface area contributed by atoms with E-state index in [-0.39, 0.29) is 12.1 Å². The minimum atomic E-state index is -1.08. The molecule has 1 aliphatic heterocycles. The zero-order valence-corrected chi connectivity index (χ0v) is 16.5. The quantitative estimate of drug-likeness (QED) is 0.836. The molecule has 8 nitrogen and oxygen atoms in total. The summed E-state index contributed by atoms with van der Waals surface area (Å²) in [4.78, 5) is 21.9. The average Bonchev–Trinajstić information content (AvgIpc) is 2.61. The van der Waals surface area contributed by atoms with Crippen molar-refractivity contribution < 1.29 is 10.2 Å². The first-order chi connectivity index (χ1) is 12.7. The molecule has 27 heavy (non-hydrogen) atoms. The number of aromatic nitrogens is 4. The highest BCUT2D eigenvalue weighted by atomic mass is 16.3.